The summed E-state index contributed by atoms with van der Waals surface area (Å²) in [5.41, 5.74) is 0. The summed E-state index contributed by atoms with van der Waals surface area (Å²) in [6.07, 6.45) is 7.91. The molecule has 0 bridgehead atoms. The van der Waals surface area contributed by atoms with Crippen LogP contribution in [-0.2, 0) is 13.6 Å². The van der Waals surface area contributed by atoms with Crippen LogP contribution in [0.15, 0.2) is 0 Å². The normalized spacial score (nSPS) is 14.8. The highest BCUT2D eigenvalue weighted by Gasteiger charge is 2.10. The molecule has 0 aromatic heterocycles. The lowest BCUT2D eigenvalue weighted by molar-refractivity contribution is -0.228. The van der Waals surface area contributed by atoms with Crippen molar-refractivity contribution < 1.29 is 23.6 Å². The van der Waals surface area contributed by atoms with Gasteiger partial charge in [0, 0.05) is 6.61 Å². The Morgan fingerprint density at radius 1 is 1.00 bits per heavy atom. The van der Waals surface area contributed by atoms with E-state index in [2.05, 4.69) is 4.52 Å². The zero-order valence-corrected chi connectivity index (χ0v) is 13.1. The fourth-order valence-corrected chi connectivity index (χ4v) is 2.67. The highest BCUT2D eigenvalue weighted by atomic mass is 31.2. The Morgan fingerprint density at radius 2 is 1.47 bits per heavy atom. The fourth-order valence-electron chi connectivity index (χ4n) is 1.74. The highest BCUT2D eigenvalue weighted by Crippen LogP contribution is 2.39. The molecule has 1 unspecified atom stereocenters. The van der Waals surface area contributed by atoms with E-state index in [9.17, 15) is 9.46 Å². The van der Waals surface area contributed by atoms with E-state index in [1.807, 2.05) is 0 Å². The van der Waals surface area contributed by atoms with Gasteiger partial charge in [0.25, 0.3) is 7.82 Å². The minimum absolute atomic E-state index is 0.206. The maximum Gasteiger partial charge on any atom is 0.268 e. The monoisotopic (exact) mass is 295 g/mol. The minimum Gasteiger partial charge on any atom is -0.756 e. The van der Waals surface area contributed by atoms with Crippen molar-refractivity contribution in [3.05, 3.63) is 0 Å². The third-order valence-corrected chi connectivity index (χ3v) is 3.82. The largest absolute Gasteiger partial charge is 0.756 e. The Bertz CT molecular complexity index is 245. The molecule has 0 spiro atoms. The number of unbranched alkanes of at least 4 members (excludes halogenated alkanes) is 7. The number of phosphoric acid groups is 1. The number of aliphatic hydroxyl groups is 1. The molecule has 0 aromatic carbocycles. The summed E-state index contributed by atoms with van der Waals surface area (Å²) in [7, 11) is -4.10. The van der Waals surface area contributed by atoms with Crippen molar-refractivity contribution in [3.8, 4) is 0 Å². The van der Waals surface area contributed by atoms with Gasteiger partial charge in [-0.1, -0.05) is 38.5 Å². The number of phosphoric ester groups is 1. The van der Waals surface area contributed by atoms with Gasteiger partial charge in [0.15, 0.2) is 0 Å². The van der Waals surface area contributed by atoms with E-state index in [1.54, 1.807) is 13.8 Å². The molecule has 0 aliphatic carbocycles. The van der Waals surface area contributed by atoms with E-state index in [0.717, 1.165) is 44.9 Å². The predicted octanol–water partition coefficient (Wildman–Crippen LogP) is 3.01. The average molecular weight is 295 g/mol. The lowest BCUT2D eigenvalue weighted by Gasteiger charge is -2.24. The zero-order valence-electron chi connectivity index (χ0n) is 12.2. The topological polar surface area (TPSA) is 78.8 Å². The van der Waals surface area contributed by atoms with Crippen molar-refractivity contribution in [2.75, 3.05) is 13.2 Å². The van der Waals surface area contributed by atoms with E-state index in [4.69, 9.17) is 9.63 Å². The van der Waals surface area contributed by atoms with Gasteiger partial charge in [-0.15, -0.1) is 0 Å². The van der Waals surface area contributed by atoms with Gasteiger partial charge in [0.2, 0.25) is 0 Å². The molecule has 0 saturated heterocycles. The summed E-state index contributed by atoms with van der Waals surface area (Å²) in [5.74, 6) is 0. The lowest BCUT2D eigenvalue weighted by Crippen LogP contribution is -2.13. The van der Waals surface area contributed by atoms with E-state index >= 15 is 0 Å². The second-order valence-electron chi connectivity index (χ2n) is 4.99. The molecule has 0 radical (unpaired) electrons. The summed E-state index contributed by atoms with van der Waals surface area (Å²) >= 11 is 0. The van der Waals surface area contributed by atoms with Crippen LogP contribution in [0.3, 0.4) is 0 Å². The fraction of sp³-hybridized carbons (Fsp3) is 1.00. The lowest BCUT2D eigenvalue weighted by atomic mass is 10.1. The molecular weight excluding hydrogens is 267 g/mol. The molecular formula is C13H28O5P-. The average Bonchev–Trinajstić information content (AvgIpc) is 2.30. The van der Waals surface area contributed by atoms with Gasteiger partial charge in [-0.2, -0.15) is 0 Å². The van der Waals surface area contributed by atoms with Crippen molar-refractivity contribution in [1.82, 2.24) is 0 Å². The second kappa shape index (κ2) is 11.9. The van der Waals surface area contributed by atoms with Gasteiger partial charge in [-0.25, -0.2) is 0 Å². The molecule has 0 amide bonds. The van der Waals surface area contributed by atoms with Crippen molar-refractivity contribution >= 4 is 7.82 Å². The molecule has 0 saturated carbocycles. The SMILES string of the molecule is CC(C)OP(=O)([O-])OCCCCCCCCCCO. The molecule has 0 fully saturated rings. The van der Waals surface area contributed by atoms with Gasteiger partial charge >= 0.3 is 0 Å². The van der Waals surface area contributed by atoms with Crippen LogP contribution in [0.1, 0.15) is 65.2 Å². The van der Waals surface area contributed by atoms with Gasteiger partial charge in [0.1, 0.15) is 0 Å². The Hall–Kier alpha value is 0.0700. The first kappa shape index (κ1) is 19.1. The highest BCUT2D eigenvalue weighted by molar-refractivity contribution is 7.45. The molecule has 1 N–H and O–H groups in total. The zero-order chi connectivity index (χ0) is 14.6. The molecule has 0 heterocycles. The Labute approximate surface area is 116 Å². The number of hydrogen-bond donors (Lipinski definition) is 1. The van der Waals surface area contributed by atoms with Gasteiger partial charge in [0.05, 0.1) is 12.7 Å². The van der Waals surface area contributed by atoms with Crippen LogP contribution in [0, 0.1) is 0 Å². The Morgan fingerprint density at radius 3 is 1.95 bits per heavy atom. The molecule has 19 heavy (non-hydrogen) atoms. The van der Waals surface area contributed by atoms with E-state index in [0.29, 0.717) is 0 Å². The molecule has 0 rings (SSSR count). The maximum absolute atomic E-state index is 11.2. The van der Waals surface area contributed by atoms with Crippen LogP contribution < -0.4 is 4.89 Å². The van der Waals surface area contributed by atoms with Crippen molar-refractivity contribution in [2.45, 2.75) is 71.3 Å². The molecule has 0 aromatic rings. The summed E-state index contributed by atoms with van der Waals surface area (Å²) in [5, 5.41) is 8.61. The Kier molecular flexibility index (Phi) is 11.9. The Balaban J connectivity index is 3.29. The van der Waals surface area contributed by atoms with E-state index in [1.165, 1.54) is 6.42 Å². The van der Waals surface area contributed by atoms with Crippen LogP contribution in [0.4, 0.5) is 0 Å². The van der Waals surface area contributed by atoms with Crippen molar-refractivity contribution in [2.24, 2.45) is 0 Å². The molecule has 6 heteroatoms. The van der Waals surface area contributed by atoms with Crippen molar-refractivity contribution in [3.63, 3.8) is 0 Å². The predicted molar refractivity (Wildman–Crippen MR) is 73.8 cm³/mol. The number of hydrogen-bond acceptors (Lipinski definition) is 5. The maximum atomic E-state index is 11.2. The number of aliphatic hydroxyl groups excluding tert-OH is 1. The van der Waals surface area contributed by atoms with E-state index < -0.39 is 7.82 Å². The molecule has 116 valence electrons. The summed E-state index contributed by atoms with van der Waals surface area (Å²) in [6, 6.07) is 0. The van der Waals surface area contributed by atoms with Crippen LogP contribution >= 0.6 is 7.82 Å². The molecule has 0 aliphatic rings. The standard InChI is InChI=1S/C13H29O5P/c1-13(2)18-19(15,16)17-12-10-8-6-4-3-5-7-9-11-14/h13-14H,3-12H2,1-2H3,(H,15,16)/p-1. The first-order valence-corrected chi connectivity index (χ1v) is 8.69. The summed E-state index contributed by atoms with van der Waals surface area (Å²) < 4.78 is 20.7. The molecule has 0 aliphatic heterocycles. The second-order valence-corrected chi connectivity index (χ2v) is 6.35. The minimum atomic E-state index is -4.10. The van der Waals surface area contributed by atoms with Crippen LogP contribution in [0.2, 0.25) is 0 Å². The first-order chi connectivity index (χ1) is 8.98. The molecule has 5 nitrogen and oxygen atoms in total. The van der Waals surface area contributed by atoms with Crippen LogP contribution in [0.25, 0.3) is 0 Å². The smallest absolute Gasteiger partial charge is 0.268 e. The summed E-state index contributed by atoms with van der Waals surface area (Å²) in [4.78, 5) is 11.2. The number of rotatable bonds is 13. The summed E-state index contributed by atoms with van der Waals surface area (Å²) in [6.45, 7) is 3.80. The molecule has 1 atom stereocenters. The first-order valence-electron chi connectivity index (χ1n) is 7.23. The van der Waals surface area contributed by atoms with Crippen molar-refractivity contribution in [1.29, 1.82) is 0 Å². The third-order valence-electron chi connectivity index (χ3n) is 2.64. The third kappa shape index (κ3) is 14.3. The van der Waals surface area contributed by atoms with Crippen LogP contribution in [-0.4, -0.2) is 24.4 Å². The quantitative estimate of drug-likeness (QED) is 0.417. The van der Waals surface area contributed by atoms with Crippen LogP contribution in [0.5, 0.6) is 0 Å². The van der Waals surface area contributed by atoms with Gasteiger partial charge in [-0.3, -0.25) is 4.57 Å². The van der Waals surface area contributed by atoms with Gasteiger partial charge in [-0.05, 0) is 26.7 Å². The van der Waals surface area contributed by atoms with Gasteiger partial charge < -0.3 is 19.0 Å². The van der Waals surface area contributed by atoms with E-state index in [-0.39, 0.29) is 19.3 Å².